The van der Waals surface area contributed by atoms with Crippen molar-refractivity contribution >= 4 is 17.3 Å². The highest BCUT2D eigenvalue weighted by molar-refractivity contribution is 6.01. The molecule has 2 amide bonds. The van der Waals surface area contributed by atoms with E-state index in [1.165, 1.54) is 12.1 Å². The van der Waals surface area contributed by atoms with Crippen molar-refractivity contribution in [2.45, 2.75) is 13.0 Å². The number of carbonyl (C=O) groups is 1. The molecule has 1 aliphatic rings. The van der Waals surface area contributed by atoms with Gasteiger partial charge in [0, 0.05) is 11.3 Å². The number of rotatable bonds is 6. The molecule has 36 heavy (non-hydrogen) atoms. The van der Waals surface area contributed by atoms with Crippen LogP contribution in [0.3, 0.4) is 0 Å². The normalized spacial score (nSPS) is 15.6. The maximum absolute atomic E-state index is 13.4. The fraction of sp³-hybridized carbons (Fsp3) is 0.148. The Morgan fingerprint density at radius 2 is 1.69 bits per heavy atom. The molecule has 0 saturated carbocycles. The number of hydrogen-bond donors (Lipinski definition) is 1. The quantitative estimate of drug-likeness (QED) is 0.382. The van der Waals surface area contributed by atoms with Crippen molar-refractivity contribution in [1.82, 2.24) is 15.5 Å². The third-order valence-corrected chi connectivity index (χ3v) is 6.00. The molecule has 0 aliphatic carbocycles. The number of ether oxygens (including phenoxy) is 2. The zero-order valence-electron chi connectivity index (χ0n) is 19.9. The maximum Gasteiger partial charge on any atom is 0.326 e. The Labute approximate surface area is 207 Å². The lowest BCUT2D eigenvalue weighted by atomic mass is 9.94. The third kappa shape index (κ3) is 4.15. The van der Waals surface area contributed by atoms with Gasteiger partial charge in [-0.05, 0) is 61.0 Å². The van der Waals surface area contributed by atoms with Crippen molar-refractivity contribution in [3.8, 4) is 22.9 Å². The van der Waals surface area contributed by atoms with Crippen LogP contribution in [0, 0.1) is 5.82 Å². The molecular weight excluding hydrogens is 463 g/mol. The molecule has 0 saturated heterocycles. The molecule has 1 aliphatic heterocycles. The first kappa shape index (κ1) is 23.1. The fourth-order valence-corrected chi connectivity index (χ4v) is 4.24. The zero-order valence-corrected chi connectivity index (χ0v) is 19.9. The highest BCUT2D eigenvalue weighted by Crippen LogP contribution is 2.41. The van der Waals surface area contributed by atoms with Crippen LogP contribution in [0.25, 0.3) is 17.0 Å². The first-order valence-electron chi connectivity index (χ1n) is 11.2. The number of benzene rings is 3. The van der Waals surface area contributed by atoms with E-state index >= 15 is 0 Å². The van der Waals surface area contributed by atoms with Crippen LogP contribution in [0.4, 0.5) is 14.9 Å². The minimum atomic E-state index is -0.612. The van der Waals surface area contributed by atoms with Crippen molar-refractivity contribution < 1.29 is 23.2 Å². The molecule has 3 aromatic carbocycles. The van der Waals surface area contributed by atoms with Gasteiger partial charge < -0.3 is 19.3 Å². The molecule has 0 radical (unpaired) electrons. The SMILES string of the molecule is COc1ccc(C2NC(=O)N(c3ccccc3)C(C)=C2c2nc(-c3ccc(F)cc3)no2)cc1OC. The van der Waals surface area contributed by atoms with E-state index in [0.717, 1.165) is 5.56 Å². The lowest BCUT2D eigenvalue weighted by Crippen LogP contribution is -2.46. The monoisotopic (exact) mass is 486 g/mol. The average molecular weight is 487 g/mol. The number of carbonyl (C=O) groups excluding carboxylic acids is 1. The molecule has 5 rings (SSSR count). The lowest BCUT2D eigenvalue weighted by molar-refractivity contribution is 0.244. The van der Waals surface area contributed by atoms with Gasteiger partial charge in [-0.1, -0.05) is 29.4 Å². The number of hydrogen-bond acceptors (Lipinski definition) is 6. The lowest BCUT2D eigenvalue weighted by Gasteiger charge is -2.35. The number of urea groups is 1. The smallest absolute Gasteiger partial charge is 0.326 e. The molecule has 1 N–H and O–H groups in total. The molecule has 4 aromatic rings. The Bertz CT molecular complexity index is 1430. The number of allylic oxidation sites excluding steroid dienone is 1. The van der Waals surface area contributed by atoms with E-state index in [1.807, 2.05) is 43.3 Å². The second-order valence-electron chi connectivity index (χ2n) is 8.10. The summed E-state index contributed by atoms with van der Waals surface area (Å²) >= 11 is 0. The van der Waals surface area contributed by atoms with Crippen LogP contribution in [0.15, 0.2) is 83.0 Å². The second kappa shape index (κ2) is 9.53. The summed E-state index contributed by atoms with van der Waals surface area (Å²) in [6, 6.07) is 19.6. The zero-order chi connectivity index (χ0) is 25.2. The first-order chi connectivity index (χ1) is 17.5. The number of nitrogens with zero attached hydrogens (tertiary/aromatic N) is 3. The molecule has 0 fully saturated rings. The largest absolute Gasteiger partial charge is 0.493 e. The van der Waals surface area contributed by atoms with E-state index in [0.29, 0.717) is 39.8 Å². The number of nitrogens with one attached hydrogen (secondary N) is 1. The van der Waals surface area contributed by atoms with E-state index in [9.17, 15) is 9.18 Å². The number of amides is 2. The van der Waals surface area contributed by atoms with E-state index in [1.54, 1.807) is 43.4 Å². The van der Waals surface area contributed by atoms with E-state index in [-0.39, 0.29) is 17.7 Å². The molecular formula is C27H23FN4O4. The van der Waals surface area contributed by atoms with Gasteiger partial charge in [0.05, 0.1) is 31.5 Å². The Balaban J connectivity index is 1.66. The fourth-order valence-electron chi connectivity index (χ4n) is 4.24. The average Bonchev–Trinajstić information content (AvgIpc) is 3.38. The Hall–Kier alpha value is -4.66. The highest BCUT2D eigenvalue weighted by Gasteiger charge is 2.36. The number of halogens is 1. The summed E-state index contributed by atoms with van der Waals surface area (Å²) in [5, 5.41) is 7.17. The summed E-state index contributed by atoms with van der Waals surface area (Å²) in [7, 11) is 3.11. The first-order valence-corrected chi connectivity index (χ1v) is 11.2. The Morgan fingerprint density at radius 1 is 0.972 bits per heavy atom. The van der Waals surface area contributed by atoms with Gasteiger partial charge in [-0.3, -0.25) is 4.90 Å². The predicted octanol–water partition coefficient (Wildman–Crippen LogP) is 5.60. The van der Waals surface area contributed by atoms with Crippen LogP contribution in [0.2, 0.25) is 0 Å². The minimum Gasteiger partial charge on any atom is -0.493 e. The molecule has 182 valence electrons. The summed E-state index contributed by atoms with van der Waals surface area (Å²) < 4.78 is 29.9. The van der Waals surface area contributed by atoms with Gasteiger partial charge in [0.1, 0.15) is 5.82 Å². The summed E-state index contributed by atoms with van der Waals surface area (Å²) in [6.45, 7) is 1.83. The van der Waals surface area contributed by atoms with Crippen molar-refractivity contribution in [2.75, 3.05) is 19.1 Å². The van der Waals surface area contributed by atoms with Crippen molar-refractivity contribution in [3.05, 3.63) is 95.8 Å². The molecule has 0 spiro atoms. The van der Waals surface area contributed by atoms with Crippen molar-refractivity contribution in [3.63, 3.8) is 0 Å². The summed E-state index contributed by atoms with van der Waals surface area (Å²) in [5.41, 5.74) is 3.27. The van der Waals surface area contributed by atoms with Gasteiger partial charge in [0.2, 0.25) is 5.82 Å². The number of methoxy groups -OCH3 is 2. The van der Waals surface area contributed by atoms with E-state index in [4.69, 9.17) is 14.0 Å². The predicted molar refractivity (Wildman–Crippen MR) is 132 cm³/mol. The van der Waals surface area contributed by atoms with Crippen LogP contribution in [-0.4, -0.2) is 30.4 Å². The number of aromatic nitrogens is 2. The van der Waals surface area contributed by atoms with Gasteiger partial charge in [-0.15, -0.1) is 0 Å². The third-order valence-electron chi connectivity index (χ3n) is 6.00. The van der Waals surface area contributed by atoms with Crippen LogP contribution < -0.4 is 19.7 Å². The van der Waals surface area contributed by atoms with Gasteiger partial charge in [0.25, 0.3) is 5.89 Å². The summed E-state index contributed by atoms with van der Waals surface area (Å²) in [6.07, 6.45) is 0. The van der Waals surface area contributed by atoms with Crippen molar-refractivity contribution in [1.29, 1.82) is 0 Å². The van der Waals surface area contributed by atoms with Crippen LogP contribution >= 0.6 is 0 Å². The van der Waals surface area contributed by atoms with E-state index < -0.39 is 6.04 Å². The standard InChI is InChI=1S/C27H23FN4O4/c1-16-23(26-30-25(31-36-26)17-9-12-19(28)13-10-17)24(18-11-14-21(34-2)22(15-18)35-3)29-27(33)32(16)20-7-5-4-6-8-20/h4-15,24H,1-3H3,(H,29,33). The Morgan fingerprint density at radius 3 is 2.39 bits per heavy atom. The maximum atomic E-state index is 13.4. The molecule has 0 bridgehead atoms. The van der Waals surface area contributed by atoms with Gasteiger partial charge in [-0.25, -0.2) is 9.18 Å². The number of anilines is 1. The molecule has 1 unspecified atom stereocenters. The molecule has 8 nitrogen and oxygen atoms in total. The molecule has 2 heterocycles. The molecule has 1 atom stereocenters. The summed E-state index contributed by atoms with van der Waals surface area (Å²) in [5.74, 6) is 1.26. The van der Waals surface area contributed by atoms with Crippen LogP contribution in [0.5, 0.6) is 11.5 Å². The van der Waals surface area contributed by atoms with Gasteiger partial charge in [-0.2, -0.15) is 4.98 Å². The topological polar surface area (TPSA) is 89.7 Å². The Kier molecular flexibility index (Phi) is 6.12. The highest BCUT2D eigenvalue weighted by atomic mass is 19.1. The minimum absolute atomic E-state index is 0.229. The van der Waals surface area contributed by atoms with Gasteiger partial charge in [0.15, 0.2) is 11.5 Å². The number of para-hydroxylation sites is 1. The second-order valence-corrected chi connectivity index (χ2v) is 8.10. The van der Waals surface area contributed by atoms with Crippen LogP contribution in [0.1, 0.15) is 24.4 Å². The molecule has 1 aromatic heterocycles. The molecule has 9 heteroatoms. The van der Waals surface area contributed by atoms with Crippen molar-refractivity contribution in [2.24, 2.45) is 0 Å². The summed E-state index contributed by atoms with van der Waals surface area (Å²) in [4.78, 5) is 19.5. The van der Waals surface area contributed by atoms with E-state index in [2.05, 4.69) is 15.5 Å². The van der Waals surface area contributed by atoms with Crippen LogP contribution in [-0.2, 0) is 0 Å². The van der Waals surface area contributed by atoms with Gasteiger partial charge >= 0.3 is 6.03 Å².